The van der Waals surface area contributed by atoms with Crippen LogP contribution in [0.3, 0.4) is 0 Å². The zero-order valence-corrected chi connectivity index (χ0v) is 26.8. The summed E-state index contributed by atoms with van der Waals surface area (Å²) in [6, 6.07) is 12.7. The van der Waals surface area contributed by atoms with Crippen LogP contribution in [-0.4, -0.2) is 60.6 Å². The minimum atomic E-state index is -5.09. The number of alkyl halides is 6. The normalized spacial score (nSPS) is 11.9. The Morgan fingerprint density at radius 1 is 0.854 bits per heavy atom. The lowest BCUT2D eigenvalue weighted by molar-refractivity contribution is -0.143. The molecule has 3 aromatic carbocycles. The van der Waals surface area contributed by atoms with E-state index in [2.05, 4.69) is 10.3 Å². The van der Waals surface area contributed by atoms with E-state index in [4.69, 9.17) is 9.47 Å². The monoisotopic (exact) mass is 678 g/mol. The molecule has 0 atom stereocenters. The molecule has 2 N–H and O–H groups in total. The molecule has 1 aromatic heterocycles. The Hall–Kier alpha value is -4.88. The zero-order chi connectivity index (χ0) is 35.2. The molecule has 258 valence electrons. The van der Waals surface area contributed by atoms with E-state index in [-0.39, 0.29) is 31.6 Å². The number of carbonyl (C=O) groups is 2. The molecule has 1 heterocycles. The molecule has 4 aromatic rings. The number of benzene rings is 3. The Bertz CT molecular complexity index is 1700. The molecule has 4 rings (SSSR count). The van der Waals surface area contributed by atoms with E-state index in [1.807, 2.05) is 30.5 Å². The van der Waals surface area contributed by atoms with E-state index in [1.165, 1.54) is 19.1 Å². The molecule has 3 amide bonds. The Morgan fingerprint density at radius 2 is 1.50 bits per heavy atom. The van der Waals surface area contributed by atoms with Gasteiger partial charge < -0.3 is 29.6 Å². The van der Waals surface area contributed by atoms with E-state index in [9.17, 15) is 35.9 Å². The van der Waals surface area contributed by atoms with Crippen LogP contribution >= 0.6 is 0 Å². The van der Waals surface area contributed by atoms with Crippen molar-refractivity contribution >= 4 is 28.5 Å². The first-order chi connectivity index (χ1) is 22.6. The van der Waals surface area contributed by atoms with Gasteiger partial charge in [0.05, 0.1) is 25.3 Å². The van der Waals surface area contributed by atoms with E-state index in [0.29, 0.717) is 35.6 Å². The summed E-state index contributed by atoms with van der Waals surface area (Å²) in [4.78, 5) is 33.1. The molecule has 0 aliphatic heterocycles. The molecule has 14 heteroatoms. The van der Waals surface area contributed by atoms with Crippen LogP contribution in [0.15, 0.2) is 66.9 Å². The fraction of sp³-hybridized carbons (Fsp3) is 0.353. The number of H-pyrrole nitrogens is 1. The van der Waals surface area contributed by atoms with Crippen molar-refractivity contribution in [2.24, 2.45) is 5.92 Å². The predicted octanol–water partition coefficient (Wildman–Crippen LogP) is 7.98. The SMILES string of the molecule is COc1ccc(CN(CCc2c[nH]c3ccccc23)C(=O)CN(CC(C)C)C(=O)Nc2cc(C(F)(F)F)cc(C(F)(F)F)c2)cc1OC. The third kappa shape index (κ3) is 9.14. The first kappa shape index (κ1) is 36.0. The van der Waals surface area contributed by atoms with Crippen LogP contribution < -0.4 is 14.8 Å². The number of aromatic nitrogens is 1. The summed E-state index contributed by atoms with van der Waals surface area (Å²) >= 11 is 0. The number of carbonyl (C=O) groups excluding carboxylic acids is 2. The van der Waals surface area contributed by atoms with Crippen LogP contribution in [-0.2, 0) is 30.1 Å². The molecule has 0 saturated heterocycles. The van der Waals surface area contributed by atoms with Gasteiger partial charge >= 0.3 is 18.4 Å². The first-order valence-corrected chi connectivity index (χ1v) is 15.0. The van der Waals surface area contributed by atoms with Crippen molar-refractivity contribution < 1.29 is 45.4 Å². The van der Waals surface area contributed by atoms with Gasteiger partial charge in [-0.1, -0.05) is 38.1 Å². The van der Waals surface area contributed by atoms with E-state index >= 15 is 0 Å². The van der Waals surface area contributed by atoms with Crippen LogP contribution in [0, 0.1) is 5.92 Å². The standard InChI is InChI=1S/C34H36F6N4O4/c1-21(2)18-44(32(46)42-26-15-24(33(35,36)37)14-25(16-26)34(38,39)40)20-31(45)43(19-22-9-10-29(47-3)30(13-22)48-4)12-11-23-17-41-28-8-6-5-7-27(23)28/h5-10,13-17,21,41H,11-12,18-20H2,1-4H3,(H,42,46). The number of nitrogens with zero attached hydrogens (tertiary/aromatic N) is 2. The number of fused-ring (bicyclic) bond motifs is 1. The molecular weight excluding hydrogens is 642 g/mol. The summed E-state index contributed by atoms with van der Waals surface area (Å²) in [6.07, 6.45) is -7.89. The van der Waals surface area contributed by atoms with Gasteiger partial charge in [0.2, 0.25) is 5.91 Å². The Balaban J connectivity index is 1.61. The maximum Gasteiger partial charge on any atom is 0.416 e. The average molecular weight is 679 g/mol. The van der Waals surface area contributed by atoms with E-state index < -0.39 is 47.6 Å². The molecule has 0 radical (unpaired) electrons. The molecule has 48 heavy (non-hydrogen) atoms. The Labute approximate surface area is 273 Å². The number of methoxy groups -OCH3 is 2. The average Bonchev–Trinajstić information content (AvgIpc) is 3.44. The highest BCUT2D eigenvalue weighted by Gasteiger charge is 2.37. The molecule has 0 aliphatic carbocycles. The third-order valence-electron chi connectivity index (χ3n) is 7.54. The lowest BCUT2D eigenvalue weighted by atomic mass is 10.1. The highest BCUT2D eigenvalue weighted by molar-refractivity contribution is 5.92. The molecule has 0 fully saturated rings. The van der Waals surface area contributed by atoms with Gasteiger partial charge in [-0.15, -0.1) is 0 Å². The van der Waals surface area contributed by atoms with Crippen molar-refractivity contribution in [2.75, 3.05) is 39.2 Å². The summed E-state index contributed by atoms with van der Waals surface area (Å²) < 4.78 is 91.3. The topological polar surface area (TPSA) is 86.9 Å². The number of anilines is 1. The van der Waals surface area contributed by atoms with Crippen LogP contribution in [0.2, 0.25) is 0 Å². The van der Waals surface area contributed by atoms with Gasteiger partial charge in [-0.05, 0) is 59.9 Å². The van der Waals surface area contributed by atoms with Gasteiger partial charge in [-0.2, -0.15) is 26.3 Å². The van der Waals surface area contributed by atoms with Gasteiger partial charge in [-0.3, -0.25) is 4.79 Å². The molecule has 0 bridgehead atoms. The molecule has 8 nitrogen and oxygen atoms in total. The van der Waals surface area contributed by atoms with E-state index in [0.717, 1.165) is 21.4 Å². The van der Waals surface area contributed by atoms with Crippen LogP contribution in [0.5, 0.6) is 11.5 Å². The van der Waals surface area contributed by atoms with Gasteiger partial charge in [-0.25, -0.2) is 4.79 Å². The Morgan fingerprint density at radius 3 is 2.10 bits per heavy atom. The maximum atomic E-state index is 13.9. The second kappa shape index (κ2) is 14.9. The van der Waals surface area contributed by atoms with Crippen LogP contribution in [0.1, 0.15) is 36.1 Å². The van der Waals surface area contributed by atoms with Gasteiger partial charge in [0.1, 0.15) is 6.54 Å². The number of amides is 3. The van der Waals surface area contributed by atoms with Crippen LogP contribution in [0.25, 0.3) is 10.9 Å². The molecule has 0 aliphatic rings. The minimum absolute atomic E-state index is 0.00465. The second-order valence-electron chi connectivity index (χ2n) is 11.6. The van der Waals surface area contributed by atoms with Gasteiger partial charge in [0.25, 0.3) is 0 Å². The van der Waals surface area contributed by atoms with Crippen molar-refractivity contribution in [1.82, 2.24) is 14.8 Å². The van der Waals surface area contributed by atoms with Crippen molar-refractivity contribution in [3.05, 3.63) is 89.1 Å². The van der Waals surface area contributed by atoms with Crippen molar-refractivity contribution in [1.29, 1.82) is 0 Å². The number of ether oxygens (including phenoxy) is 2. The fourth-order valence-electron chi connectivity index (χ4n) is 5.24. The van der Waals surface area contributed by atoms with Gasteiger partial charge in [0, 0.05) is 42.4 Å². The maximum absolute atomic E-state index is 13.9. The summed E-state index contributed by atoms with van der Waals surface area (Å²) in [5.74, 6) is 0.252. The summed E-state index contributed by atoms with van der Waals surface area (Å²) in [5, 5.41) is 3.13. The lowest BCUT2D eigenvalue weighted by Crippen LogP contribution is -2.46. The van der Waals surface area contributed by atoms with E-state index in [1.54, 1.807) is 32.0 Å². The smallest absolute Gasteiger partial charge is 0.416 e. The number of hydrogen-bond acceptors (Lipinski definition) is 4. The highest BCUT2D eigenvalue weighted by atomic mass is 19.4. The molecule has 0 unspecified atom stereocenters. The number of rotatable bonds is 12. The summed E-state index contributed by atoms with van der Waals surface area (Å²) in [7, 11) is 2.97. The molecule has 0 spiro atoms. The summed E-state index contributed by atoms with van der Waals surface area (Å²) in [6.45, 7) is 3.37. The lowest BCUT2D eigenvalue weighted by Gasteiger charge is -2.29. The number of nitrogens with one attached hydrogen (secondary N) is 2. The number of hydrogen-bond donors (Lipinski definition) is 2. The summed E-state index contributed by atoms with van der Waals surface area (Å²) in [5.41, 5.74) is -1.27. The second-order valence-corrected chi connectivity index (χ2v) is 11.6. The molecule has 0 saturated carbocycles. The Kier molecular flexibility index (Phi) is 11.2. The number of para-hydroxylation sites is 1. The third-order valence-corrected chi connectivity index (χ3v) is 7.54. The quantitative estimate of drug-likeness (QED) is 0.149. The molecular formula is C34H36F6N4O4. The minimum Gasteiger partial charge on any atom is -0.493 e. The van der Waals surface area contributed by atoms with Crippen molar-refractivity contribution in [3.8, 4) is 11.5 Å². The highest BCUT2D eigenvalue weighted by Crippen LogP contribution is 2.37. The zero-order valence-electron chi connectivity index (χ0n) is 26.8. The fourth-order valence-corrected chi connectivity index (χ4v) is 5.24. The number of halogens is 6. The van der Waals surface area contributed by atoms with Gasteiger partial charge in [0.15, 0.2) is 11.5 Å². The predicted molar refractivity (Wildman–Crippen MR) is 169 cm³/mol. The van der Waals surface area contributed by atoms with Crippen molar-refractivity contribution in [3.63, 3.8) is 0 Å². The number of aromatic amines is 1. The van der Waals surface area contributed by atoms with Crippen molar-refractivity contribution in [2.45, 2.75) is 39.2 Å². The number of urea groups is 1. The first-order valence-electron chi connectivity index (χ1n) is 15.0. The largest absolute Gasteiger partial charge is 0.493 e. The van der Waals surface area contributed by atoms with Crippen LogP contribution in [0.4, 0.5) is 36.8 Å².